The molecule has 1 aliphatic heterocycles. The van der Waals surface area contributed by atoms with Gasteiger partial charge in [0.25, 0.3) is 0 Å². The molecule has 214 valence electrons. The minimum Gasteiger partial charge on any atom is -0.493 e. The van der Waals surface area contributed by atoms with Crippen LogP contribution in [0.2, 0.25) is 0 Å². The van der Waals surface area contributed by atoms with Crippen LogP contribution in [0, 0.1) is 6.92 Å². The highest BCUT2D eigenvalue weighted by Gasteiger charge is 2.18. The topological polar surface area (TPSA) is 111 Å². The third-order valence-electron chi connectivity index (χ3n) is 6.59. The second-order valence-electron chi connectivity index (χ2n) is 9.40. The maximum atomic E-state index is 12.8. The summed E-state index contributed by atoms with van der Waals surface area (Å²) >= 11 is 0. The van der Waals surface area contributed by atoms with Gasteiger partial charge in [-0.3, -0.25) is 9.78 Å². The summed E-state index contributed by atoms with van der Waals surface area (Å²) in [6, 6.07) is 17.4. The van der Waals surface area contributed by atoms with E-state index >= 15 is 0 Å². The highest BCUT2D eigenvalue weighted by Crippen LogP contribution is 2.38. The van der Waals surface area contributed by atoms with Crippen molar-refractivity contribution in [2.24, 2.45) is 0 Å². The summed E-state index contributed by atoms with van der Waals surface area (Å²) < 4.78 is 23.0. The van der Waals surface area contributed by atoms with Crippen LogP contribution in [0.1, 0.15) is 12.0 Å². The second-order valence-corrected chi connectivity index (χ2v) is 9.40. The molecule has 10 heteroatoms. The lowest BCUT2D eigenvalue weighted by molar-refractivity contribution is -0.123. The smallest absolute Gasteiger partial charge is 0.323 e. The molecule has 10 nitrogen and oxygen atoms in total. The Morgan fingerprint density at radius 1 is 0.881 bits per heavy atom. The zero-order chi connectivity index (χ0) is 29.6. The molecule has 3 amide bonds. The number of amides is 3. The van der Waals surface area contributed by atoms with Crippen molar-refractivity contribution < 1.29 is 28.5 Å². The van der Waals surface area contributed by atoms with Crippen molar-refractivity contribution in [2.45, 2.75) is 13.3 Å². The molecule has 3 aromatic carbocycles. The minimum absolute atomic E-state index is 0.168. The summed E-state index contributed by atoms with van der Waals surface area (Å²) in [4.78, 5) is 30.5. The highest BCUT2D eigenvalue weighted by atomic mass is 16.5. The monoisotopic (exact) mass is 566 g/mol. The fourth-order valence-electron chi connectivity index (χ4n) is 4.40. The third kappa shape index (κ3) is 6.28. The molecule has 0 fully saturated rings. The van der Waals surface area contributed by atoms with E-state index in [1.165, 1.54) is 6.08 Å². The standard InChI is InChI=1S/C32H30N4O6/c1-5-31(37)36-15-13-24(19-36)41-23-10-8-21(9-11-23)34-32(38)35-22-7-6-20(2)28(16-22)42-27-12-14-33-26-18-30(40-4)29(39-3)17-25(26)27/h5-12,14,16-19H,1,13,15H2,2-4H3,(H2,34,35,38). The Balaban J connectivity index is 1.24. The number of ether oxygens (including phenoxy) is 4. The number of anilines is 2. The van der Waals surface area contributed by atoms with Gasteiger partial charge in [0.15, 0.2) is 11.5 Å². The molecular formula is C32H30N4O6. The first-order valence-electron chi connectivity index (χ1n) is 13.2. The first kappa shape index (κ1) is 28.0. The van der Waals surface area contributed by atoms with Gasteiger partial charge in [0.05, 0.1) is 19.7 Å². The lowest BCUT2D eigenvalue weighted by Gasteiger charge is -2.15. The maximum absolute atomic E-state index is 12.8. The van der Waals surface area contributed by atoms with Gasteiger partial charge in [-0.2, -0.15) is 0 Å². The summed E-state index contributed by atoms with van der Waals surface area (Å²) in [5.74, 6) is 3.41. The van der Waals surface area contributed by atoms with Gasteiger partial charge in [-0.25, -0.2) is 4.79 Å². The number of nitrogens with zero attached hydrogens (tertiary/aromatic N) is 2. The largest absolute Gasteiger partial charge is 0.493 e. The number of rotatable bonds is 9. The van der Waals surface area contributed by atoms with E-state index in [0.717, 1.165) is 10.9 Å². The van der Waals surface area contributed by atoms with Crippen LogP contribution in [0.3, 0.4) is 0 Å². The van der Waals surface area contributed by atoms with Crippen molar-refractivity contribution in [1.29, 1.82) is 0 Å². The fraction of sp³-hybridized carbons (Fsp3) is 0.156. The average molecular weight is 567 g/mol. The van der Waals surface area contributed by atoms with Crippen LogP contribution < -0.4 is 29.6 Å². The van der Waals surface area contributed by atoms with Crippen molar-refractivity contribution >= 4 is 34.2 Å². The number of methoxy groups -OCH3 is 2. The molecule has 0 spiro atoms. The number of carbonyl (C=O) groups excluding carboxylic acids is 2. The zero-order valence-corrected chi connectivity index (χ0v) is 23.5. The van der Waals surface area contributed by atoms with Gasteiger partial charge >= 0.3 is 6.03 Å². The molecule has 1 aliphatic rings. The van der Waals surface area contributed by atoms with E-state index in [4.69, 9.17) is 18.9 Å². The van der Waals surface area contributed by atoms with E-state index in [-0.39, 0.29) is 5.91 Å². The van der Waals surface area contributed by atoms with Gasteiger partial charge in [0.1, 0.15) is 23.0 Å². The number of pyridine rings is 1. The number of urea groups is 1. The first-order chi connectivity index (χ1) is 20.4. The van der Waals surface area contributed by atoms with Crippen molar-refractivity contribution in [2.75, 3.05) is 31.4 Å². The van der Waals surface area contributed by atoms with Gasteiger partial charge in [-0.1, -0.05) is 12.6 Å². The summed E-state index contributed by atoms with van der Waals surface area (Å²) in [6.07, 6.45) is 5.22. The number of nitrogens with one attached hydrogen (secondary N) is 2. The Morgan fingerprint density at radius 3 is 2.33 bits per heavy atom. The molecule has 0 bridgehead atoms. The normalized spacial score (nSPS) is 12.4. The lowest BCUT2D eigenvalue weighted by atomic mass is 10.1. The molecule has 1 aromatic heterocycles. The number of carbonyl (C=O) groups is 2. The van der Waals surface area contributed by atoms with Gasteiger partial charge in [0, 0.05) is 54.3 Å². The third-order valence-corrected chi connectivity index (χ3v) is 6.59. The predicted octanol–water partition coefficient (Wildman–Crippen LogP) is 6.64. The molecule has 0 saturated heterocycles. The summed E-state index contributed by atoms with van der Waals surface area (Å²) in [7, 11) is 3.15. The molecule has 0 radical (unpaired) electrons. The first-order valence-corrected chi connectivity index (χ1v) is 13.2. The van der Waals surface area contributed by atoms with Crippen molar-refractivity contribution in [3.63, 3.8) is 0 Å². The van der Waals surface area contributed by atoms with Gasteiger partial charge < -0.3 is 34.5 Å². The minimum atomic E-state index is -0.415. The Morgan fingerprint density at radius 2 is 1.60 bits per heavy atom. The van der Waals surface area contributed by atoms with Crippen LogP contribution >= 0.6 is 0 Å². The van der Waals surface area contributed by atoms with E-state index in [1.54, 1.807) is 80.0 Å². The molecule has 0 saturated carbocycles. The van der Waals surface area contributed by atoms with Crippen LogP contribution in [-0.2, 0) is 4.79 Å². The molecule has 0 aliphatic carbocycles. The van der Waals surface area contributed by atoms with E-state index in [1.807, 2.05) is 19.1 Å². The molecule has 4 aromatic rings. The molecule has 0 atom stereocenters. The van der Waals surface area contributed by atoms with Crippen molar-refractivity contribution in [3.8, 4) is 28.7 Å². The second kappa shape index (κ2) is 12.3. The Labute approximate surface area is 243 Å². The Bertz CT molecular complexity index is 1680. The quantitative estimate of drug-likeness (QED) is 0.219. The van der Waals surface area contributed by atoms with Crippen molar-refractivity contribution in [1.82, 2.24) is 9.88 Å². The molecule has 0 unspecified atom stereocenters. The molecule has 2 heterocycles. The lowest BCUT2D eigenvalue weighted by Crippen LogP contribution is -2.20. The number of hydrogen-bond donors (Lipinski definition) is 2. The van der Waals surface area contributed by atoms with E-state index in [0.29, 0.717) is 64.4 Å². The maximum Gasteiger partial charge on any atom is 0.323 e. The number of benzene rings is 3. The fourth-order valence-corrected chi connectivity index (χ4v) is 4.40. The predicted molar refractivity (Wildman–Crippen MR) is 160 cm³/mol. The Kier molecular flexibility index (Phi) is 8.24. The Hall–Kier alpha value is -5.51. The van der Waals surface area contributed by atoms with Crippen LogP contribution in [-0.4, -0.2) is 42.6 Å². The van der Waals surface area contributed by atoms with Gasteiger partial charge in [-0.15, -0.1) is 0 Å². The highest BCUT2D eigenvalue weighted by molar-refractivity contribution is 6.00. The van der Waals surface area contributed by atoms with Crippen LogP contribution in [0.4, 0.5) is 16.2 Å². The summed E-state index contributed by atoms with van der Waals surface area (Å²) in [6.45, 7) is 5.98. The van der Waals surface area contributed by atoms with Crippen LogP contribution in [0.5, 0.6) is 28.7 Å². The van der Waals surface area contributed by atoms with Gasteiger partial charge in [0.2, 0.25) is 5.91 Å². The molecule has 5 rings (SSSR count). The van der Waals surface area contributed by atoms with E-state index < -0.39 is 6.03 Å². The van der Waals surface area contributed by atoms with E-state index in [2.05, 4.69) is 22.2 Å². The van der Waals surface area contributed by atoms with Crippen LogP contribution in [0.15, 0.2) is 91.5 Å². The van der Waals surface area contributed by atoms with Crippen molar-refractivity contribution in [3.05, 3.63) is 97.0 Å². The molecular weight excluding hydrogens is 536 g/mol. The molecule has 2 N–H and O–H groups in total. The van der Waals surface area contributed by atoms with Crippen LogP contribution in [0.25, 0.3) is 10.9 Å². The molecule has 42 heavy (non-hydrogen) atoms. The number of aryl methyl sites for hydroxylation is 1. The number of hydrogen-bond acceptors (Lipinski definition) is 7. The summed E-state index contributed by atoms with van der Waals surface area (Å²) in [5, 5.41) is 6.41. The SMILES string of the molecule is C=CC(=O)N1C=C(Oc2ccc(NC(=O)Nc3ccc(C)c(Oc4ccnc5cc(OC)c(OC)cc45)c3)cc2)CC1. The van der Waals surface area contributed by atoms with E-state index in [9.17, 15) is 9.59 Å². The summed E-state index contributed by atoms with van der Waals surface area (Å²) in [5.41, 5.74) is 2.71. The number of fused-ring (bicyclic) bond motifs is 1. The van der Waals surface area contributed by atoms with Gasteiger partial charge in [-0.05, 0) is 61.0 Å². The average Bonchev–Trinajstić information content (AvgIpc) is 3.47. The zero-order valence-electron chi connectivity index (χ0n) is 23.5. The number of aromatic nitrogens is 1.